The lowest BCUT2D eigenvalue weighted by molar-refractivity contribution is 1.28. The fourth-order valence-electron chi connectivity index (χ4n) is 8.91. The van der Waals surface area contributed by atoms with Crippen molar-refractivity contribution in [2.75, 3.05) is 4.90 Å². The smallest absolute Gasteiger partial charge is 0.0462 e. The van der Waals surface area contributed by atoms with Gasteiger partial charge in [0.2, 0.25) is 0 Å². The summed E-state index contributed by atoms with van der Waals surface area (Å²) in [6, 6.07) is 86.2. The topological polar surface area (TPSA) is 3.24 Å². The molecule has 276 valence electrons. The van der Waals surface area contributed by atoms with Gasteiger partial charge in [0.05, 0.1) is 0 Å². The molecule has 1 nitrogen and oxygen atoms in total. The first-order valence-corrected chi connectivity index (χ1v) is 20.3. The standard InChI is InChI=1S/C58H39N/c1-2-16-49(17-3-1)59(50-33-28-42(29-34-50)41-22-24-43(25-23-41)47-27-26-40-12-4-5-14-46(40)38-47)51-35-30-45(31-36-51)58-53-19-9-6-13-44(53)32-37-56(58)57-39-48-15-7-8-18-52(48)54-20-10-11-21-55(54)57/h1-39H. The Hall–Kier alpha value is -7.74. The molecule has 0 amide bonds. The van der Waals surface area contributed by atoms with Crippen LogP contribution in [0.3, 0.4) is 0 Å². The number of fused-ring (bicyclic) bond motifs is 5. The molecule has 0 aliphatic carbocycles. The maximum atomic E-state index is 2.37. The molecule has 0 aliphatic heterocycles. The second kappa shape index (κ2) is 14.6. The molecule has 0 saturated carbocycles. The molecule has 11 aromatic rings. The third kappa shape index (κ3) is 6.30. The van der Waals surface area contributed by atoms with Gasteiger partial charge in [-0.25, -0.2) is 0 Å². The highest BCUT2D eigenvalue weighted by Gasteiger charge is 2.18. The molecule has 0 atom stereocenters. The number of hydrogen-bond acceptors (Lipinski definition) is 1. The van der Waals surface area contributed by atoms with Crippen LogP contribution in [0.15, 0.2) is 237 Å². The van der Waals surface area contributed by atoms with Crippen molar-refractivity contribution >= 4 is 60.2 Å². The maximum absolute atomic E-state index is 2.37. The number of para-hydroxylation sites is 1. The van der Waals surface area contributed by atoms with E-state index in [1.807, 2.05) is 0 Å². The second-order valence-electron chi connectivity index (χ2n) is 15.3. The summed E-state index contributed by atoms with van der Waals surface area (Å²) in [4.78, 5) is 2.34. The highest BCUT2D eigenvalue weighted by Crippen LogP contribution is 2.44. The van der Waals surface area contributed by atoms with Gasteiger partial charge in [0, 0.05) is 17.1 Å². The Labute approximate surface area is 344 Å². The zero-order valence-electron chi connectivity index (χ0n) is 32.5. The zero-order valence-corrected chi connectivity index (χ0v) is 32.5. The van der Waals surface area contributed by atoms with Crippen molar-refractivity contribution in [1.82, 2.24) is 0 Å². The Balaban J connectivity index is 0.965. The fourth-order valence-corrected chi connectivity index (χ4v) is 8.91. The van der Waals surface area contributed by atoms with Gasteiger partial charge in [0.1, 0.15) is 0 Å². The van der Waals surface area contributed by atoms with Gasteiger partial charge < -0.3 is 4.90 Å². The summed E-state index contributed by atoms with van der Waals surface area (Å²) in [5.74, 6) is 0. The first-order chi connectivity index (χ1) is 29.2. The second-order valence-corrected chi connectivity index (χ2v) is 15.3. The molecule has 59 heavy (non-hydrogen) atoms. The zero-order chi connectivity index (χ0) is 39.1. The number of rotatable bonds is 7. The van der Waals surface area contributed by atoms with E-state index in [0.29, 0.717) is 0 Å². The largest absolute Gasteiger partial charge is 0.311 e. The lowest BCUT2D eigenvalue weighted by Crippen LogP contribution is -2.09. The Morgan fingerprint density at radius 1 is 0.220 bits per heavy atom. The third-order valence-corrected chi connectivity index (χ3v) is 11.8. The first kappa shape index (κ1) is 34.5. The van der Waals surface area contributed by atoms with E-state index in [9.17, 15) is 0 Å². The van der Waals surface area contributed by atoms with E-state index in [1.54, 1.807) is 0 Å². The van der Waals surface area contributed by atoms with Crippen LogP contribution >= 0.6 is 0 Å². The van der Waals surface area contributed by atoms with Gasteiger partial charge >= 0.3 is 0 Å². The fraction of sp³-hybridized carbons (Fsp3) is 0. The molecule has 0 fully saturated rings. The predicted molar refractivity (Wildman–Crippen MR) is 253 cm³/mol. The normalized spacial score (nSPS) is 11.4. The summed E-state index contributed by atoms with van der Waals surface area (Å²) in [5, 5.41) is 10.1. The first-order valence-electron chi connectivity index (χ1n) is 20.3. The van der Waals surface area contributed by atoms with E-state index in [-0.39, 0.29) is 0 Å². The van der Waals surface area contributed by atoms with Gasteiger partial charge in [-0.15, -0.1) is 0 Å². The summed E-state index contributed by atoms with van der Waals surface area (Å²) in [6.07, 6.45) is 0. The molecule has 0 N–H and O–H groups in total. The van der Waals surface area contributed by atoms with E-state index < -0.39 is 0 Å². The van der Waals surface area contributed by atoms with E-state index in [1.165, 1.54) is 87.6 Å². The molecule has 0 bridgehead atoms. The van der Waals surface area contributed by atoms with Gasteiger partial charge in [-0.05, 0) is 136 Å². The molecule has 11 rings (SSSR count). The molecule has 0 radical (unpaired) electrons. The van der Waals surface area contributed by atoms with Gasteiger partial charge in [0.25, 0.3) is 0 Å². The van der Waals surface area contributed by atoms with Crippen molar-refractivity contribution in [3.05, 3.63) is 237 Å². The van der Waals surface area contributed by atoms with Crippen molar-refractivity contribution in [1.29, 1.82) is 0 Å². The van der Waals surface area contributed by atoms with Crippen molar-refractivity contribution in [3.63, 3.8) is 0 Å². The summed E-state index contributed by atoms with van der Waals surface area (Å²) in [7, 11) is 0. The highest BCUT2D eigenvalue weighted by atomic mass is 15.1. The highest BCUT2D eigenvalue weighted by molar-refractivity contribution is 6.16. The number of anilines is 3. The summed E-state index contributed by atoms with van der Waals surface area (Å²) in [5.41, 5.74) is 13.1. The molecular formula is C58H39N. The number of benzene rings is 11. The van der Waals surface area contributed by atoms with Crippen LogP contribution in [0.5, 0.6) is 0 Å². The monoisotopic (exact) mass is 749 g/mol. The minimum absolute atomic E-state index is 1.10. The van der Waals surface area contributed by atoms with Gasteiger partial charge in [-0.2, -0.15) is 0 Å². The van der Waals surface area contributed by atoms with Crippen LogP contribution < -0.4 is 4.90 Å². The Morgan fingerprint density at radius 3 is 1.37 bits per heavy atom. The van der Waals surface area contributed by atoms with Crippen LogP contribution in [-0.2, 0) is 0 Å². The molecule has 0 aliphatic rings. The van der Waals surface area contributed by atoms with Gasteiger partial charge in [-0.1, -0.05) is 188 Å². The molecule has 1 heteroatoms. The molecular weight excluding hydrogens is 711 g/mol. The molecule has 0 spiro atoms. The van der Waals surface area contributed by atoms with Crippen molar-refractivity contribution < 1.29 is 0 Å². The van der Waals surface area contributed by atoms with Crippen LogP contribution in [-0.4, -0.2) is 0 Å². The third-order valence-electron chi connectivity index (χ3n) is 11.8. The Morgan fingerprint density at radius 2 is 0.678 bits per heavy atom. The lowest BCUT2D eigenvalue weighted by Gasteiger charge is -2.26. The SMILES string of the molecule is c1ccc(N(c2ccc(-c3ccc(-c4ccc5ccccc5c4)cc3)cc2)c2ccc(-c3c(-c4cc5ccccc5c5ccccc45)ccc4ccccc34)cc2)cc1. The summed E-state index contributed by atoms with van der Waals surface area (Å²) in [6.45, 7) is 0. The average Bonchev–Trinajstić information content (AvgIpc) is 3.32. The summed E-state index contributed by atoms with van der Waals surface area (Å²) < 4.78 is 0. The van der Waals surface area contributed by atoms with Gasteiger partial charge in [-0.3, -0.25) is 0 Å². The number of hydrogen-bond donors (Lipinski definition) is 0. The molecule has 0 aromatic heterocycles. The minimum atomic E-state index is 1.10. The van der Waals surface area contributed by atoms with Crippen LogP contribution in [0.2, 0.25) is 0 Å². The average molecular weight is 750 g/mol. The Bertz CT molecular complexity index is 3290. The van der Waals surface area contributed by atoms with Crippen LogP contribution in [0.1, 0.15) is 0 Å². The number of nitrogens with zero attached hydrogens (tertiary/aromatic N) is 1. The van der Waals surface area contributed by atoms with Crippen LogP contribution in [0.25, 0.3) is 87.6 Å². The molecule has 0 saturated heterocycles. The molecule has 11 aromatic carbocycles. The maximum Gasteiger partial charge on any atom is 0.0462 e. The molecule has 0 heterocycles. The van der Waals surface area contributed by atoms with Crippen molar-refractivity contribution in [2.24, 2.45) is 0 Å². The van der Waals surface area contributed by atoms with Gasteiger partial charge in [0.15, 0.2) is 0 Å². The molecule has 0 unspecified atom stereocenters. The predicted octanol–water partition coefficient (Wildman–Crippen LogP) is 16.4. The van der Waals surface area contributed by atoms with Crippen LogP contribution in [0, 0.1) is 0 Å². The van der Waals surface area contributed by atoms with E-state index in [2.05, 4.69) is 241 Å². The van der Waals surface area contributed by atoms with E-state index in [4.69, 9.17) is 0 Å². The van der Waals surface area contributed by atoms with Crippen molar-refractivity contribution in [2.45, 2.75) is 0 Å². The minimum Gasteiger partial charge on any atom is -0.311 e. The van der Waals surface area contributed by atoms with E-state index >= 15 is 0 Å². The lowest BCUT2D eigenvalue weighted by atomic mass is 9.86. The quantitative estimate of drug-likeness (QED) is 0.147. The Kier molecular flexibility index (Phi) is 8.56. The summed E-state index contributed by atoms with van der Waals surface area (Å²) >= 11 is 0. The van der Waals surface area contributed by atoms with Crippen LogP contribution in [0.4, 0.5) is 17.1 Å². The van der Waals surface area contributed by atoms with Crippen molar-refractivity contribution in [3.8, 4) is 44.5 Å². The van der Waals surface area contributed by atoms with E-state index in [0.717, 1.165) is 17.1 Å².